The van der Waals surface area contributed by atoms with Crippen LogP contribution in [0.2, 0.25) is 0 Å². The van der Waals surface area contributed by atoms with E-state index in [0.29, 0.717) is 11.5 Å². The lowest BCUT2D eigenvalue weighted by Crippen LogP contribution is -2.08. The molecule has 0 saturated heterocycles. The highest BCUT2D eigenvalue weighted by atomic mass is 32.1. The molecule has 1 saturated carbocycles. The molecular weight excluding hydrogens is 196 g/mol. The van der Waals surface area contributed by atoms with Gasteiger partial charge in [0.15, 0.2) is 0 Å². The number of rotatable bonds is 2. The van der Waals surface area contributed by atoms with Crippen molar-refractivity contribution in [2.24, 2.45) is 0 Å². The normalized spacial score (nSPS) is 18.3. The number of hydrogen-bond acceptors (Lipinski definition) is 2. The first-order valence-electron chi connectivity index (χ1n) is 5.08. The zero-order valence-corrected chi connectivity index (χ0v) is 8.85. The van der Waals surface area contributed by atoms with Gasteiger partial charge in [0.2, 0.25) is 0 Å². The van der Waals surface area contributed by atoms with Crippen LogP contribution in [0.25, 0.3) is 0 Å². The summed E-state index contributed by atoms with van der Waals surface area (Å²) in [6.45, 7) is 0. The fourth-order valence-corrected chi connectivity index (χ4v) is 3.12. The van der Waals surface area contributed by atoms with Crippen molar-refractivity contribution in [3.63, 3.8) is 0 Å². The summed E-state index contributed by atoms with van der Waals surface area (Å²) < 4.78 is 0. The third kappa shape index (κ3) is 1.82. The molecule has 0 spiro atoms. The molecule has 76 valence electrons. The quantitative estimate of drug-likeness (QED) is 0.811. The van der Waals surface area contributed by atoms with Gasteiger partial charge in [0.05, 0.1) is 5.56 Å². The predicted octanol–water partition coefficient (Wildman–Crippen LogP) is 3.49. The van der Waals surface area contributed by atoms with Crippen molar-refractivity contribution in [1.82, 2.24) is 0 Å². The summed E-state index contributed by atoms with van der Waals surface area (Å²) in [6, 6.07) is 0. The van der Waals surface area contributed by atoms with E-state index in [9.17, 15) is 4.79 Å². The molecule has 14 heavy (non-hydrogen) atoms. The first-order chi connectivity index (χ1) is 6.79. The van der Waals surface area contributed by atoms with Gasteiger partial charge >= 0.3 is 5.97 Å². The lowest BCUT2D eigenvalue weighted by atomic mass is 9.84. The van der Waals surface area contributed by atoms with Gasteiger partial charge in [-0.25, -0.2) is 4.79 Å². The van der Waals surface area contributed by atoms with Crippen LogP contribution in [-0.4, -0.2) is 11.1 Å². The Bertz CT molecular complexity index is 324. The van der Waals surface area contributed by atoms with E-state index >= 15 is 0 Å². The first kappa shape index (κ1) is 9.71. The van der Waals surface area contributed by atoms with E-state index in [2.05, 4.69) is 0 Å². The largest absolute Gasteiger partial charge is 0.478 e. The molecule has 1 aliphatic carbocycles. The van der Waals surface area contributed by atoms with Crippen LogP contribution in [0.3, 0.4) is 0 Å². The summed E-state index contributed by atoms with van der Waals surface area (Å²) in [5.74, 6) is -0.270. The molecule has 0 radical (unpaired) electrons. The van der Waals surface area contributed by atoms with Gasteiger partial charge in [-0.05, 0) is 29.7 Å². The number of aromatic carboxylic acids is 1. The molecule has 2 nitrogen and oxygen atoms in total. The van der Waals surface area contributed by atoms with Crippen molar-refractivity contribution >= 4 is 17.3 Å². The van der Waals surface area contributed by atoms with Crippen LogP contribution in [0.4, 0.5) is 0 Å². The van der Waals surface area contributed by atoms with Crippen LogP contribution < -0.4 is 0 Å². The van der Waals surface area contributed by atoms with Gasteiger partial charge in [0.1, 0.15) is 0 Å². The minimum Gasteiger partial charge on any atom is -0.478 e. The third-order valence-electron chi connectivity index (χ3n) is 2.97. The minimum absolute atomic E-state index is 0.501. The van der Waals surface area contributed by atoms with E-state index in [0.717, 1.165) is 18.4 Å². The molecule has 0 bridgehead atoms. The molecule has 1 N–H and O–H groups in total. The van der Waals surface area contributed by atoms with Crippen LogP contribution >= 0.6 is 11.3 Å². The van der Waals surface area contributed by atoms with E-state index in [1.165, 1.54) is 30.6 Å². The standard InChI is InChI=1S/C11H14O2S/c12-11(13)10-7-14-6-9(10)8-4-2-1-3-5-8/h6-8H,1-5H2,(H,12,13). The van der Waals surface area contributed by atoms with Crippen molar-refractivity contribution in [1.29, 1.82) is 0 Å². The fourth-order valence-electron chi connectivity index (χ4n) is 2.21. The minimum atomic E-state index is -0.771. The van der Waals surface area contributed by atoms with E-state index in [1.54, 1.807) is 5.38 Å². The van der Waals surface area contributed by atoms with Crippen LogP contribution in [0.5, 0.6) is 0 Å². The highest BCUT2D eigenvalue weighted by Crippen LogP contribution is 2.35. The maximum absolute atomic E-state index is 10.9. The summed E-state index contributed by atoms with van der Waals surface area (Å²) in [7, 11) is 0. The number of carboxylic acids is 1. The lowest BCUT2D eigenvalue weighted by molar-refractivity contribution is 0.0695. The average molecular weight is 210 g/mol. The van der Waals surface area contributed by atoms with Gasteiger partial charge in [-0.2, -0.15) is 11.3 Å². The maximum atomic E-state index is 10.9. The second kappa shape index (κ2) is 4.13. The van der Waals surface area contributed by atoms with Crippen molar-refractivity contribution in [2.45, 2.75) is 38.0 Å². The van der Waals surface area contributed by atoms with Crippen molar-refractivity contribution in [3.05, 3.63) is 21.9 Å². The van der Waals surface area contributed by atoms with Crippen molar-refractivity contribution in [2.75, 3.05) is 0 Å². The van der Waals surface area contributed by atoms with Gasteiger partial charge in [-0.15, -0.1) is 0 Å². The van der Waals surface area contributed by atoms with E-state index < -0.39 is 5.97 Å². The Kier molecular flexibility index (Phi) is 2.87. The molecule has 0 atom stereocenters. The van der Waals surface area contributed by atoms with Crippen LogP contribution in [0, 0.1) is 0 Å². The first-order valence-corrected chi connectivity index (χ1v) is 6.02. The highest BCUT2D eigenvalue weighted by molar-refractivity contribution is 7.08. The van der Waals surface area contributed by atoms with E-state index in [-0.39, 0.29) is 0 Å². The molecule has 1 heterocycles. The predicted molar refractivity (Wildman–Crippen MR) is 57.1 cm³/mol. The topological polar surface area (TPSA) is 37.3 Å². The van der Waals surface area contributed by atoms with Gasteiger partial charge in [-0.1, -0.05) is 19.3 Å². The lowest BCUT2D eigenvalue weighted by Gasteiger charge is -2.21. The Balaban J connectivity index is 2.21. The Hall–Kier alpha value is -0.830. The Labute approximate surface area is 87.6 Å². The summed E-state index contributed by atoms with van der Waals surface area (Å²) >= 11 is 1.51. The SMILES string of the molecule is O=C(O)c1cscc1C1CCCCC1. The molecule has 1 aliphatic rings. The van der Waals surface area contributed by atoms with Gasteiger partial charge < -0.3 is 5.11 Å². The number of carboxylic acid groups (broad SMARTS) is 1. The Morgan fingerprint density at radius 3 is 2.64 bits per heavy atom. The van der Waals surface area contributed by atoms with Gasteiger partial charge in [-0.3, -0.25) is 0 Å². The van der Waals surface area contributed by atoms with Crippen LogP contribution in [0.15, 0.2) is 10.8 Å². The molecule has 1 aromatic rings. The van der Waals surface area contributed by atoms with Crippen molar-refractivity contribution in [3.8, 4) is 0 Å². The molecule has 0 unspecified atom stereocenters. The Morgan fingerprint density at radius 2 is 2.00 bits per heavy atom. The average Bonchev–Trinajstić information content (AvgIpc) is 2.67. The molecule has 2 rings (SSSR count). The summed E-state index contributed by atoms with van der Waals surface area (Å²) in [5.41, 5.74) is 1.60. The fraction of sp³-hybridized carbons (Fsp3) is 0.545. The molecular formula is C11H14O2S. The zero-order valence-electron chi connectivity index (χ0n) is 8.03. The molecule has 0 aromatic carbocycles. The van der Waals surface area contributed by atoms with Crippen LogP contribution in [0.1, 0.15) is 53.9 Å². The third-order valence-corrected chi connectivity index (χ3v) is 3.73. The van der Waals surface area contributed by atoms with Gasteiger partial charge in [0.25, 0.3) is 0 Å². The summed E-state index contributed by atoms with van der Waals surface area (Å²) in [6.07, 6.45) is 6.14. The molecule has 0 amide bonds. The second-order valence-electron chi connectivity index (χ2n) is 3.88. The van der Waals surface area contributed by atoms with E-state index in [1.807, 2.05) is 5.38 Å². The second-order valence-corrected chi connectivity index (χ2v) is 4.62. The summed E-state index contributed by atoms with van der Waals surface area (Å²) in [5, 5.41) is 12.8. The molecule has 3 heteroatoms. The Morgan fingerprint density at radius 1 is 1.29 bits per heavy atom. The van der Waals surface area contributed by atoms with Crippen LogP contribution in [-0.2, 0) is 0 Å². The molecule has 1 aromatic heterocycles. The number of thiophene rings is 1. The monoisotopic (exact) mass is 210 g/mol. The van der Waals surface area contributed by atoms with Gasteiger partial charge in [0, 0.05) is 5.38 Å². The molecule has 1 fully saturated rings. The van der Waals surface area contributed by atoms with Crippen molar-refractivity contribution < 1.29 is 9.90 Å². The zero-order chi connectivity index (χ0) is 9.97. The number of hydrogen-bond donors (Lipinski definition) is 1. The summed E-state index contributed by atoms with van der Waals surface area (Å²) in [4.78, 5) is 10.9. The maximum Gasteiger partial charge on any atom is 0.336 e. The highest BCUT2D eigenvalue weighted by Gasteiger charge is 2.21. The molecule has 0 aliphatic heterocycles. The van der Waals surface area contributed by atoms with E-state index in [4.69, 9.17) is 5.11 Å². The number of carbonyl (C=O) groups is 1. The smallest absolute Gasteiger partial charge is 0.336 e.